The van der Waals surface area contributed by atoms with E-state index in [1.807, 2.05) is 13.8 Å². The molecule has 0 radical (unpaired) electrons. The van der Waals surface area contributed by atoms with Gasteiger partial charge in [-0.05, 0) is 74.6 Å². The van der Waals surface area contributed by atoms with Gasteiger partial charge >= 0.3 is 0 Å². The van der Waals surface area contributed by atoms with E-state index in [0.717, 1.165) is 6.42 Å². The third kappa shape index (κ3) is 5.72. The van der Waals surface area contributed by atoms with Crippen LogP contribution in [0, 0.1) is 5.92 Å². The molecule has 1 fully saturated rings. The molecule has 2 atom stereocenters. The van der Waals surface area contributed by atoms with Crippen molar-refractivity contribution in [1.82, 2.24) is 15.5 Å². The summed E-state index contributed by atoms with van der Waals surface area (Å²) in [6, 6.07) is 11.3. The van der Waals surface area contributed by atoms with Gasteiger partial charge in [-0.1, -0.05) is 6.92 Å². The van der Waals surface area contributed by atoms with Gasteiger partial charge in [0.2, 0.25) is 12.7 Å². The van der Waals surface area contributed by atoms with Gasteiger partial charge < -0.3 is 29.7 Å². The highest BCUT2D eigenvalue weighted by Gasteiger charge is 2.35. The first-order valence-electron chi connectivity index (χ1n) is 12.3. The van der Waals surface area contributed by atoms with Crippen molar-refractivity contribution in [2.24, 2.45) is 5.92 Å². The van der Waals surface area contributed by atoms with Crippen LogP contribution < -0.4 is 24.8 Å². The molecule has 1 saturated heterocycles. The lowest BCUT2D eigenvalue weighted by Gasteiger charge is -2.36. The number of amides is 3. The zero-order chi connectivity index (χ0) is 25.7. The van der Waals surface area contributed by atoms with E-state index in [0.29, 0.717) is 54.3 Å². The van der Waals surface area contributed by atoms with E-state index in [9.17, 15) is 14.4 Å². The van der Waals surface area contributed by atoms with Gasteiger partial charge in [0.15, 0.2) is 11.5 Å². The minimum Gasteiger partial charge on any atom is -0.497 e. The van der Waals surface area contributed by atoms with E-state index >= 15 is 0 Å². The van der Waals surface area contributed by atoms with E-state index < -0.39 is 6.04 Å². The Hall–Kier alpha value is -3.75. The molecule has 2 aliphatic rings. The Balaban J connectivity index is 1.44. The van der Waals surface area contributed by atoms with Crippen LogP contribution in [0.2, 0.25) is 0 Å². The largest absolute Gasteiger partial charge is 0.497 e. The first-order chi connectivity index (χ1) is 17.4. The number of hydrogen-bond acceptors (Lipinski definition) is 6. The number of benzene rings is 2. The molecule has 2 heterocycles. The van der Waals surface area contributed by atoms with Crippen molar-refractivity contribution in [3.05, 3.63) is 53.6 Å². The summed E-state index contributed by atoms with van der Waals surface area (Å²) in [4.78, 5) is 41.1. The van der Waals surface area contributed by atoms with E-state index in [4.69, 9.17) is 14.2 Å². The van der Waals surface area contributed by atoms with Crippen molar-refractivity contribution in [2.75, 3.05) is 27.0 Å². The predicted octanol–water partition coefficient (Wildman–Crippen LogP) is 2.99. The molecular formula is C27H33N3O6. The number of piperidine rings is 1. The molecule has 2 aliphatic heterocycles. The number of nitrogens with one attached hydrogen (secondary N) is 2. The molecule has 0 bridgehead atoms. The van der Waals surface area contributed by atoms with Crippen LogP contribution in [0.5, 0.6) is 17.2 Å². The van der Waals surface area contributed by atoms with Crippen molar-refractivity contribution < 1.29 is 28.6 Å². The maximum Gasteiger partial charge on any atom is 0.253 e. The van der Waals surface area contributed by atoms with Crippen molar-refractivity contribution >= 4 is 17.7 Å². The van der Waals surface area contributed by atoms with Crippen LogP contribution in [0.4, 0.5) is 0 Å². The van der Waals surface area contributed by atoms with Crippen LogP contribution in [0.1, 0.15) is 53.8 Å². The van der Waals surface area contributed by atoms with Gasteiger partial charge in [-0.25, -0.2) is 0 Å². The molecule has 192 valence electrons. The fraction of sp³-hybridized carbons (Fsp3) is 0.444. The summed E-state index contributed by atoms with van der Waals surface area (Å²) >= 11 is 0. The molecule has 3 amide bonds. The lowest BCUT2D eigenvalue weighted by Crippen LogP contribution is -2.55. The third-order valence-corrected chi connectivity index (χ3v) is 6.84. The number of ether oxygens (including phenoxy) is 3. The Labute approximate surface area is 211 Å². The molecule has 0 aromatic heterocycles. The molecule has 2 aromatic rings. The first kappa shape index (κ1) is 25.3. The van der Waals surface area contributed by atoms with Crippen LogP contribution in [0.25, 0.3) is 0 Å². The highest BCUT2D eigenvalue weighted by atomic mass is 16.7. The molecule has 2 unspecified atom stereocenters. The maximum atomic E-state index is 13.2. The van der Waals surface area contributed by atoms with E-state index in [-0.39, 0.29) is 36.5 Å². The number of nitrogens with zero attached hydrogens (tertiary/aromatic N) is 1. The second kappa shape index (κ2) is 11.3. The summed E-state index contributed by atoms with van der Waals surface area (Å²) in [7, 11) is 1.58. The molecule has 0 saturated carbocycles. The Kier molecular flexibility index (Phi) is 7.97. The molecule has 9 nitrogen and oxygen atoms in total. The molecule has 4 rings (SSSR count). The quantitative estimate of drug-likeness (QED) is 0.583. The summed E-state index contributed by atoms with van der Waals surface area (Å²) in [6.07, 6.45) is 1.98. The number of rotatable bonds is 8. The van der Waals surface area contributed by atoms with Gasteiger partial charge in [0.1, 0.15) is 11.8 Å². The maximum absolute atomic E-state index is 13.2. The number of carbonyl (C=O) groups excluding carboxylic acids is 3. The number of hydrogen-bond donors (Lipinski definition) is 2. The normalized spacial score (nSPS) is 16.7. The van der Waals surface area contributed by atoms with Crippen molar-refractivity contribution in [3.63, 3.8) is 0 Å². The van der Waals surface area contributed by atoms with Gasteiger partial charge in [-0.3, -0.25) is 14.4 Å². The summed E-state index contributed by atoms with van der Waals surface area (Å²) in [5, 5.41) is 5.95. The monoisotopic (exact) mass is 495 g/mol. The summed E-state index contributed by atoms with van der Waals surface area (Å²) < 4.78 is 15.9. The standard InChI is InChI=1S/C27H33N3O6/c1-4-17(2)28-26(32)24(29-25(31)20-7-10-22-23(15-20)36-16-35-22)18-11-13-30(14-12-18)27(33)19-5-8-21(34-3)9-6-19/h5-10,15,17-18,24H,4,11-14,16H2,1-3H3,(H,28,32)(H,29,31). The van der Waals surface area contributed by atoms with E-state index in [1.54, 1.807) is 54.5 Å². The van der Waals surface area contributed by atoms with Crippen LogP contribution in [0.3, 0.4) is 0 Å². The molecular weight excluding hydrogens is 462 g/mol. The molecule has 36 heavy (non-hydrogen) atoms. The number of fused-ring (bicyclic) bond motifs is 1. The Bertz CT molecular complexity index is 1100. The van der Waals surface area contributed by atoms with Crippen molar-refractivity contribution in [3.8, 4) is 17.2 Å². The lowest BCUT2D eigenvalue weighted by molar-refractivity contribution is -0.125. The molecule has 0 spiro atoms. The minimum atomic E-state index is -0.713. The summed E-state index contributed by atoms with van der Waals surface area (Å²) in [6.45, 7) is 5.05. The number of carbonyl (C=O) groups is 3. The zero-order valence-corrected chi connectivity index (χ0v) is 20.9. The van der Waals surface area contributed by atoms with Gasteiger partial charge in [-0.15, -0.1) is 0 Å². The average Bonchev–Trinajstić information content (AvgIpc) is 3.39. The summed E-state index contributed by atoms with van der Waals surface area (Å²) in [5.74, 6) is 1.07. The minimum absolute atomic E-state index is 0.0146. The van der Waals surface area contributed by atoms with Crippen LogP contribution in [0.15, 0.2) is 42.5 Å². The van der Waals surface area contributed by atoms with Crippen LogP contribution in [-0.4, -0.2) is 61.7 Å². The second-order valence-corrected chi connectivity index (χ2v) is 9.20. The molecule has 0 aliphatic carbocycles. The molecule has 2 aromatic carbocycles. The fourth-order valence-corrected chi connectivity index (χ4v) is 4.45. The van der Waals surface area contributed by atoms with Gasteiger partial charge in [0.05, 0.1) is 7.11 Å². The SMILES string of the molecule is CCC(C)NC(=O)C(NC(=O)c1ccc2c(c1)OCO2)C1CCN(C(=O)c2ccc(OC)cc2)CC1. The van der Waals surface area contributed by atoms with Crippen LogP contribution in [-0.2, 0) is 4.79 Å². The molecule has 2 N–H and O–H groups in total. The van der Waals surface area contributed by atoms with Crippen molar-refractivity contribution in [2.45, 2.75) is 45.2 Å². The lowest BCUT2D eigenvalue weighted by atomic mass is 9.88. The second-order valence-electron chi connectivity index (χ2n) is 9.20. The van der Waals surface area contributed by atoms with Gasteiger partial charge in [0.25, 0.3) is 11.8 Å². The van der Waals surface area contributed by atoms with Gasteiger partial charge in [0, 0.05) is 30.3 Å². The highest BCUT2D eigenvalue weighted by molar-refractivity contribution is 5.98. The fourth-order valence-electron chi connectivity index (χ4n) is 4.45. The smallest absolute Gasteiger partial charge is 0.253 e. The van der Waals surface area contributed by atoms with Gasteiger partial charge in [-0.2, -0.15) is 0 Å². The number of methoxy groups -OCH3 is 1. The summed E-state index contributed by atoms with van der Waals surface area (Å²) in [5.41, 5.74) is 0.990. The first-order valence-corrected chi connectivity index (χ1v) is 12.3. The topological polar surface area (TPSA) is 106 Å². The van der Waals surface area contributed by atoms with Crippen LogP contribution >= 0.6 is 0 Å². The van der Waals surface area contributed by atoms with Crippen molar-refractivity contribution in [1.29, 1.82) is 0 Å². The Morgan fingerprint density at radius 2 is 1.67 bits per heavy atom. The molecule has 9 heteroatoms. The highest BCUT2D eigenvalue weighted by Crippen LogP contribution is 2.32. The Morgan fingerprint density at radius 1 is 1.00 bits per heavy atom. The van der Waals surface area contributed by atoms with E-state index in [1.165, 1.54) is 0 Å². The van der Waals surface area contributed by atoms with E-state index in [2.05, 4.69) is 10.6 Å². The third-order valence-electron chi connectivity index (χ3n) is 6.84. The predicted molar refractivity (Wildman–Crippen MR) is 133 cm³/mol. The Morgan fingerprint density at radius 3 is 2.33 bits per heavy atom. The zero-order valence-electron chi connectivity index (χ0n) is 20.9. The number of likely N-dealkylation sites (tertiary alicyclic amines) is 1. The average molecular weight is 496 g/mol.